The molecule has 1 heterocycles. The highest BCUT2D eigenvalue weighted by molar-refractivity contribution is 5.94. The van der Waals surface area contributed by atoms with Crippen LogP contribution in [-0.2, 0) is 4.84 Å². The van der Waals surface area contributed by atoms with E-state index in [1.54, 1.807) is 18.2 Å². The number of nitrogen functional groups attached to an aromatic ring is 1. The van der Waals surface area contributed by atoms with Crippen molar-refractivity contribution in [2.75, 3.05) is 26.0 Å². The van der Waals surface area contributed by atoms with Crippen LogP contribution in [0.3, 0.4) is 0 Å². The Morgan fingerprint density at radius 2 is 2.38 bits per heavy atom. The van der Waals surface area contributed by atoms with Gasteiger partial charge in [-0.15, -0.1) is 0 Å². The Kier molecular flexibility index (Phi) is 2.96. The molecule has 1 saturated heterocycles. The van der Waals surface area contributed by atoms with E-state index in [9.17, 15) is 4.79 Å². The molecule has 16 heavy (non-hydrogen) atoms. The van der Waals surface area contributed by atoms with Crippen LogP contribution in [0.1, 0.15) is 16.8 Å². The fourth-order valence-corrected chi connectivity index (χ4v) is 1.62. The Balaban J connectivity index is 2.20. The van der Waals surface area contributed by atoms with Crippen LogP contribution < -0.4 is 10.5 Å². The van der Waals surface area contributed by atoms with E-state index in [0.717, 1.165) is 6.42 Å². The number of hydroxylamine groups is 2. The molecule has 1 aromatic carbocycles. The average molecular weight is 222 g/mol. The minimum Gasteiger partial charge on any atom is -0.495 e. The van der Waals surface area contributed by atoms with Gasteiger partial charge in [-0.3, -0.25) is 9.63 Å². The molecule has 1 fully saturated rings. The van der Waals surface area contributed by atoms with Crippen LogP contribution in [0.25, 0.3) is 0 Å². The summed E-state index contributed by atoms with van der Waals surface area (Å²) in [5.74, 6) is 0.408. The fourth-order valence-electron chi connectivity index (χ4n) is 1.62. The smallest absolute Gasteiger partial charge is 0.277 e. The molecule has 1 aliphatic rings. The van der Waals surface area contributed by atoms with Crippen LogP contribution in [-0.4, -0.2) is 31.2 Å². The van der Waals surface area contributed by atoms with Crippen LogP contribution >= 0.6 is 0 Å². The number of hydrogen-bond donors (Lipinski definition) is 1. The van der Waals surface area contributed by atoms with Gasteiger partial charge in [0, 0.05) is 5.56 Å². The Morgan fingerprint density at radius 3 is 2.94 bits per heavy atom. The number of rotatable bonds is 2. The van der Waals surface area contributed by atoms with Gasteiger partial charge in [-0.25, -0.2) is 5.06 Å². The maximum absolute atomic E-state index is 11.9. The number of ether oxygens (including phenoxy) is 1. The van der Waals surface area contributed by atoms with E-state index in [0.29, 0.717) is 30.2 Å². The van der Waals surface area contributed by atoms with Crippen LogP contribution in [0.2, 0.25) is 0 Å². The molecule has 0 radical (unpaired) electrons. The molecule has 0 aliphatic carbocycles. The molecule has 0 saturated carbocycles. The molecule has 0 aromatic heterocycles. The van der Waals surface area contributed by atoms with Crippen molar-refractivity contribution in [1.29, 1.82) is 0 Å². The minimum absolute atomic E-state index is 0.160. The Bertz CT molecular complexity index is 400. The Labute approximate surface area is 93.7 Å². The Hall–Kier alpha value is -1.75. The second kappa shape index (κ2) is 4.40. The van der Waals surface area contributed by atoms with Gasteiger partial charge in [-0.2, -0.15) is 0 Å². The molecule has 0 bridgehead atoms. The van der Waals surface area contributed by atoms with E-state index >= 15 is 0 Å². The predicted octanol–water partition coefficient (Wildman–Crippen LogP) is 1.05. The summed E-state index contributed by atoms with van der Waals surface area (Å²) in [5.41, 5.74) is 6.70. The zero-order chi connectivity index (χ0) is 11.5. The first-order valence-corrected chi connectivity index (χ1v) is 5.10. The summed E-state index contributed by atoms with van der Waals surface area (Å²) in [7, 11) is 1.54. The number of carbonyl (C=O) groups excluding carboxylic acids is 1. The molecule has 0 atom stereocenters. The number of hydrogen-bond acceptors (Lipinski definition) is 4. The van der Waals surface area contributed by atoms with Gasteiger partial charge in [0.1, 0.15) is 5.75 Å². The highest BCUT2D eigenvalue weighted by atomic mass is 16.7. The van der Waals surface area contributed by atoms with Gasteiger partial charge in [0.15, 0.2) is 0 Å². The molecule has 5 heteroatoms. The van der Waals surface area contributed by atoms with Crippen LogP contribution in [0.4, 0.5) is 5.69 Å². The second-order valence-corrected chi connectivity index (χ2v) is 3.55. The van der Waals surface area contributed by atoms with E-state index < -0.39 is 0 Å². The molecule has 0 spiro atoms. The number of methoxy groups -OCH3 is 1. The van der Waals surface area contributed by atoms with Crippen LogP contribution in [0, 0.1) is 0 Å². The first-order chi connectivity index (χ1) is 7.72. The van der Waals surface area contributed by atoms with Crippen molar-refractivity contribution in [3.05, 3.63) is 23.8 Å². The summed E-state index contributed by atoms with van der Waals surface area (Å²) in [6.07, 6.45) is 0.872. The molecule has 0 unspecified atom stereocenters. The van der Waals surface area contributed by atoms with E-state index in [-0.39, 0.29) is 5.91 Å². The molecule has 1 amide bonds. The fraction of sp³-hybridized carbons (Fsp3) is 0.364. The zero-order valence-corrected chi connectivity index (χ0v) is 9.10. The lowest BCUT2D eigenvalue weighted by Crippen LogP contribution is -2.26. The molecule has 5 nitrogen and oxygen atoms in total. The summed E-state index contributed by atoms with van der Waals surface area (Å²) in [6.45, 7) is 1.22. The second-order valence-electron chi connectivity index (χ2n) is 3.55. The summed E-state index contributed by atoms with van der Waals surface area (Å²) >= 11 is 0. The quantitative estimate of drug-likeness (QED) is 0.760. The van der Waals surface area contributed by atoms with Crippen LogP contribution in [0.5, 0.6) is 5.75 Å². The summed E-state index contributed by atoms with van der Waals surface area (Å²) < 4.78 is 5.02. The molecule has 2 N–H and O–H groups in total. The van der Waals surface area contributed by atoms with E-state index in [1.165, 1.54) is 12.2 Å². The van der Waals surface area contributed by atoms with Gasteiger partial charge in [-0.05, 0) is 24.6 Å². The van der Waals surface area contributed by atoms with Gasteiger partial charge < -0.3 is 10.5 Å². The van der Waals surface area contributed by atoms with Crippen molar-refractivity contribution in [2.45, 2.75) is 6.42 Å². The van der Waals surface area contributed by atoms with Gasteiger partial charge in [0.2, 0.25) is 0 Å². The highest BCUT2D eigenvalue weighted by Gasteiger charge is 2.21. The number of nitrogens with zero attached hydrogens (tertiary/aromatic N) is 1. The lowest BCUT2D eigenvalue weighted by molar-refractivity contribution is -0.0768. The topological polar surface area (TPSA) is 64.8 Å². The first kappa shape index (κ1) is 10.8. The molecular formula is C11H14N2O3. The third-order valence-electron chi connectivity index (χ3n) is 2.46. The SMILES string of the molecule is COc1ccc(C(=O)N2CCCO2)cc1N. The standard InChI is InChI=1S/C11H14N2O3/c1-15-10-4-3-8(7-9(10)12)11(14)13-5-2-6-16-13/h3-4,7H,2,5-6,12H2,1H3. The van der Waals surface area contributed by atoms with Gasteiger partial charge in [0.25, 0.3) is 5.91 Å². The van der Waals surface area contributed by atoms with Gasteiger partial charge >= 0.3 is 0 Å². The molecule has 86 valence electrons. The number of anilines is 1. The Morgan fingerprint density at radius 1 is 1.56 bits per heavy atom. The molecule has 2 rings (SSSR count). The number of benzene rings is 1. The van der Waals surface area contributed by atoms with Crippen molar-refractivity contribution < 1.29 is 14.4 Å². The molecule has 1 aromatic rings. The van der Waals surface area contributed by atoms with Crippen molar-refractivity contribution in [2.24, 2.45) is 0 Å². The summed E-state index contributed by atoms with van der Waals surface area (Å²) in [5, 5.41) is 1.36. The van der Waals surface area contributed by atoms with Crippen molar-refractivity contribution >= 4 is 11.6 Å². The van der Waals surface area contributed by atoms with Gasteiger partial charge in [-0.1, -0.05) is 0 Å². The summed E-state index contributed by atoms with van der Waals surface area (Å²) in [4.78, 5) is 17.1. The summed E-state index contributed by atoms with van der Waals surface area (Å²) in [6, 6.07) is 4.96. The van der Waals surface area contributed by atoms with E-state index in [4.69, 9.17) is 15.3 Å². The highest BCUT2D eigenvalue weighted by Crippen LogP contribution is 2.23. The number of nitrogens with two attached hydrogens (primary N) is 1. The van der Waals surface area contributed by atoms with Crippen molar-refractivity contribution in [1.82, 2.24) is 5.06 Å². The van der Waals surface area contributed by atoms with Crippen molar-refractivity contribution in [3.8, 4) is 5.75 Å². The zero-order valence-electron chi connectivity index (χ0n) is 9.10. The van der Waals surface area contributed by atoms with Crippen LogP contribution in [0.15, 0.2) is 18.2 Å². The number of amides is 1. The lowest BCUT2D eigenvalue weighted by atomic mass is 10.1. The number of carbonyl (C=O) groups is 1. The maximum atomic E-state index is 11.9. The predicted molar refractivity (Wildman–Crippen MR) is 59.0 cm³/mol. The monoisotopic (exact) mass is 222 g/mol. The largest absolute Gasteiger partial charge is 0.495 e. The van der Waals surface area contributed by atoms with Crippen molar-refractivity contribution in [3.63, 3.8) is 0 Å². The first-order valence-electron chi connectivity index (χ1n) is 5.10. The molecular weight excluding hydrogens is 208 g/mol. The lowest BCUT2D eigenvalue weighted by Gasteiger charge is -2.14. The normalized spacial score (nSPS) is 15.2. The van der Waals surface area contributed by atoms with E-state index in [2.05, 4.69) is 0 Å². The third kappa shape index (κ3) is 1.94. The van der Waals surface area contributed by atoms with E-state index in [1.807, 2.05) is 0 Å². The average Bonchev–Trinajstić information content (AvgIpc) is 2.81. The minimum atomic E-state index is -0.160. The molecule has 1 aliphatic heterocycles. The maximum Gasteiger partial charge on any atom is 0.277 e. The third-order valence-corrected chi connectivity index (χ3v) is 2.46. The van der Waals surface area contributed by atoms with Gasteiger partial charge in [0.05, 0.1) is 25.9 Å².